The van der Waals surface area contributed by atoms with Crippen molar-refractivity contribution in [1.29, 1.82) is 0 Å². The van der Waals surface area contributed by atoms with Crippen molar-refractivity contribution in [3.8, 4) is 0 Å². The monoisotopic (exact) mass is 356 g/mol. The van der Waals surface area contributed by atoms with Gasteiger partial charge in [0.25, 0.3) is 5.91 Å². The van der Waals surface area contributed by atoms with Gasteiger partial charge in [-0.25, -0.2) is 13.4 Å². The smallest absolute Gasteiger partial charge is 0.254 e. The number of carbonyl (C=O) groups excluding carboxylic acids is 1. The maximum Gasteiger partial charge on any atom is 0.254 e. The van der Waals surface area contributed by atoms with E-state index in [1.165, 1.54) is 4.31 Å². The molecule has 8 nitrogen and oxygen atoms in total. The Labute approximate surface area is 142 Å². The van der Waals surface area contributed by atoms with Crippen LogP contribution in [0.4, 0.5) is 5.82 Å². The molecule has 1 aliphatic rings. The molecule has 134 valence electrons. The van der Waals surface area contributed by atoms with E-state index in [9.17, 15) is 13.2 Å². The van der Waals surface area contributed by atoms with Crippen LogP contribution in [0.3, 0.4) is 0 Å². The minimum Gasteiger partial charge on any atom is -0.385 e. The second-order valence-corrected chi connectivity index (χ2v) is 7.59. The van der Waals surface area contributed by atoms with Gasteiger partial charge < -0.3 is 15.0 Å². The average Bonchev–Trinajstić information content (AvgIpc) is 2.61. The summed E-state index contributed by atoms with van der Waals surface area (Å²) in [4.78, 5) is 18.2. The van der Waals surface area contributed by atoms with Crippen LogP contribution < -0.4 is 10.2 Å². The molecular weight excluding hydrogens is 332 g/mol. The van der Waals surface area contributed by atoms with E-state index in [4.69, 9.17) is 4.74 Å². The van der Waals surface area contributed by atoms with E-state index >= 15 is 0 Å². The van der Waals surface area contributed by atoms with Crippen LogP contribution in [0.5, 0.6) is 0 Å². The normalized spacial score (nSPS) is 16.2. The topological polar surface area (TPSA) is 91.8 Å². The van der Waals surface area contributed by atoms with Gasteiger partial charge in [0.2, 0.25) is 10.0 Å². The number of nitrogens with zero attached hydrogens (tertiary/aromatic N) is 3. The Morgan fingerprint density at radius 2 is 2.04 bits per heavy atom. The number of piperazine rings is 1. The van der Waals surface area contributed by atoms with E-state index in [0.717, 1.165) is 0 Å². The second-order valence-electron chi connectivity index (χ2n) is 5.50. The highest BCUT2D eigenvalue weighted by molar-refractivity contribution is 7.89. The molecule has 1 amide bonds. The van der Waals surface area contributed by atoms with Gasteiger partial charge in [-0.3, -0.25) is 4.79 Å². The van der Waals surface area contributed by atoms with Crippen LogP contribution in [0.15, 0.2) is 18.3 Å². The summed E-state index contributed by atoms with van der Waals surface area (Å²) in [6.45, 7) is 2.22. The molecule has 2 heterocycles. The summed E-state index contributed by atoms with van der Waals surface area (Å²) in [5, 5.41) is 2.60. The molecule has 0 aliphatic carbocycles. The van der Waals surface area contributed by atoms with Gasteiger partial charge in [-0.2, -0.15) is 4.31 Å². The number of nitrogens with one attached hydrogen (secondary N) is 1. The van der Waals surface area contributed by atoms with Crippen LogP contribution in [0, 0.1) is 0 Å². The van der Waals surface area contributed by atoms with Crippen molar-refractivity contribution in [1.82, 2.24) is 14.6 Å². The number of amides is 1. The summed E-state index contributed by atoms with van der Waals surface area (Å²) in [6.07, 6.45) is 2.12. The number of hydrogen-bond donors (Lipinski definition) is 1. The summed E-state index contributed by atoms with van der Waals surface area (Å²) in [5.41, 5.74) is 0.497. The average molecular weight is 356 g/mol. The first-order chi connectivity index (χ1) is 11.5. The number of pyridine rings is 1. The van der Waals surface area contributed by atoms with Crippen LogP contribution >= 0.6 is 0 Å². The van der Waals surface area contributed by atoms with Gasteiger partial charge in [0.1, 0.15) is 5.82 Å². The van der Waals surface area contributed by atoms with Crippen molar-refractivity contribution in [2.75, 3.05) is 57.6 Å². The van der Waals surface area contributed by atoms with E-state index in [0.29, 0.717) is 50.6 Å². The van der Waals surface area contributed by atoms with Crippen LogP contribution in [-0.4, -0.2) is 76.3 Å². The number of sulfonamides is 1. The molecule has 0 unspecified atom stereocenters. The van der Waals surface area contributed by atoms with Crippen LogP contribution in [0.2, 0.25) is 0 Å². The van der Waals surface area contributed by atoms with Crippen LogP contribution in [0.1, 0.15) is 16.8 Å². The molecule has 0 aromatic carbocycles. The van der Waals surface area contributed by atoms with Gasteiger partial charge >= 0.3 is 0 Å². The van der Waals surface area contributed by atoms with Gasteiger partial charge in [-0.05, 0) is 18.6 Å². The lowest BCUT2D eigenvalue weighted by Gasteiger charge is -2.35. The zero-order valence-electron chi connectivity index (χ0n) is 14.1. The third-order valence-corrected chi connectivity index (χ3v) is 5.90. The number of aromatic nitrogens is 1. The van der Waals surface area contributed by atoms with Crippen molar-refractivity contribution in [3.05, 3.63) is 23.9 Å². The minimum atomic E-state index is -3.27. The fraction of sp³-hybridized carbons (Fsp3) is 0.600. The molecule has 0 radical (unpaired) electrons. The zero-order chi connectivity index (χ0) is 17.6. The molecule has 24 heavy (non-hydrogen) atoms. The lowest BCUT2D eigenvalue weighted by molar-refractivity contribution is 0.0963. The maximum absolute atomic E-state index is 12.3. The van der Waals surface area contributed by atoms with Crippen molar-refractivity contribution < 1.29 is 17.9 Å². The number of methoxy groups -OCH3 is 1. The Balaban J connectivity index is 2.02. The summed E-state index contributed by atoms with van der Waals surface area (Å²) >= 11 is 0. The summed E-state index contributed by atoms with van der Waals surface area (Å²) in [7, 11) is -0.134. The van der Waals surface area contributed by atoms with Crippen molar-refractivity contribution in [2.24, 2.45) is 0 Å². The Kier molecular flexibility index (Phi) is 6.52. The number of hydrogen-bond acceptors (Lipinski definition) is 6. The largest absolute Gasteiger partial charge is 0.385 e. The van der Waals surface area contributed by atoms with Crippen LogP contribution in [-0.2, 0) is 14.8 Å². The first-order valence-corrected chi connectivity index (χ1v) is 9.49. The van der Waals surface area contributed by atoms with Gasteiger partial charge in [-0.1, -0.05) is 0 Å². The lowest BCUT2D eigenvalue weighted by Crippen LogP contribution is -2.50. The zero-order valence-corrected chi connectivity index (χ0v) is 14.9. The highest BCUT2D eigenvalue weighted by atomic mass is 32.2. The van der Waals surface area contributed by atoms with E-state index < -0.39 is 10.0 Å². The van der Waals surface area contributed by atoms with E-state index in [1.54, 1.807) is 32.5 Å². The van der Waals surface area contributed by atoms with Crippen LogP contribution in [0.25, 0.3) is 0 Å². The van der Waals surface area contributed by atoms with E-state index in [1.807, 2.05) is 4.90 Å². The molecule has 0 bridgehead atoms. The fourth-order valence-electron chi connectivity index (χ4n) is 2.65. The second kappa shape index (κ2) is 8.41. The lowest BCUT2D eigenvalue weighted by atomic mass is 10.2. The summed E-state index contributed by atoms with van der Waals surface area (Å²) in [6, 6.07) is 3.43. The quantitative estimate of drug-likeness (QED) is 0.688. The molecule has 1 saturated heterocycles. The number of rotatable bonds is 7. The Bertz CT molecular complexity index is 657. The van der Waals surface area contributed by atoms with Crippen molar-refractivity contribution in [2.45, 2.75) is 6.42 Å². The fourth-order valence-corrected chi connectivity index (χ4v) is 4.11. The molecule has 0 atom stereocenters. The Hall–Kier alpha value is -1.71. The molecule has 1 aliphatic heterocycles. The Morgan fingerprint density at radius 1 is 1.33 bits per heavy atom. The molecule has 0 saturated carbocycles. The minimum absolute atomic E-state index is 0.0912. The van der Waals surface area contributed by atoms with Crippen molar-refractivity contribution in [3.63, 3.8) is 0 Å². The van der Waals surface area contributed by atoms with Gasteiger partial charge in [0.15, 0.2) is 0 Å². The van der Waals surface area contributed by atoms with Crippen molar-refractivity contribution >= 4 is 21.7 Å². The molecule has 1 fully saturated rings. The molecule has 1 aromatic heterocycles. The highest BCUT2D eigenvalue weighted by Gasteiger charge is 2.28. The molecule has 1 N–H and O–H groups in total. The third kappa shape index (κ3) is 4.43. The summed E-state index contributed by atoms with van der Waals surface area (Å²) < 4.78 is 31.0. The van der Waals surface area contributed by atoms with Gasteiger partial charge in [-0.15, -0.1) is 0 Å². The third-order valence-electron chi connectivity index (χ3n) is 3.94. The predicted molar refractivity (Wildman–Crippen MR) is 91.7 cm³/mol. The highest BCUT2D eigenvalue weighted by Crippen LogP contribution is 2.20. The first-order valence-electron chi connectivity index (χ1n) is 7.88. The SMILES string of the molecule is CNC(=O)c1cccnc1N1CCN(S(=O)(=O)CCCOC)CC1. The molecule has 2 rings (SSSR count). The molecular formula is C15H24N4O4S. The van der Waals surface area contributed by atoms with Gasteiger partial charge in [0.05, 0.1) is 11.3 Å². The molecule has 0 spiro atoms. The number of anilines is 1. The van der Waals surface area contributed by atoms with E-state index in [2.05, 4.69) is 10.3 Å². The Morgan fingerprint density at radius 3 is 2.67 bits per heavy atom. The predicted octanol–water partition coefficient (Wildman–Crippen LogP) is -0.0705. The first kappa shape index (κ1) is 18.6. The summed E-state index contributed by atoms with van der Waals surface area (Å²) in [5.74, 6) is 0.481. The molecule has 1 aromatic rings. The number of carbonyl (C=O) groups is 1. The van der Waals surface area contributed by atoms with E-state index in [-0.39, 0.29) is 11.7 Å². The number of ether oxygens (including phenoxy) is 1. The molecule has 9 heteroatoms. The van der Waals surface area contributed by atoms with Gasteiger partial charge in [0, 0.05) is 53.1 Å². The standard InChI is InChI=1S/C15H24N4O4S/c1-16-15(20)13-5-3-6-17-14(13)18-7-9-19(10-8-18)24(21,22)12-4-11-23-2/h3,5-6H,4,7-12H2,1-2H3,(H,16,20). The maximum atomic E-state index is 12.3.